The fraction of sp³-hybridized carbons (Fsp3) is 0.409. The number of hydrogen-bond donors (Lipinski definition) is 1. The first-order valence-electron chi connectivity index (χ1n) is 10.4. The lowest BCUT2D eigenvalue weighted by molar-refractivity contribution is -0.120. The monoisotopic (exact) mass is 431 g/mol. The summed E-state index contributed by atoms with van der Waals surface area (Å²) in [5, 5.41) is 2.79. The van der Waals surface area contributed by atoms with Crippen LogP contribution in [0.2, 0.25) is 0 Å². The van der Waals surface area contributed by atoms with Crippen LogP contribution in [0.5, 0.6) is 0 Å². The Morgan fingerprint density at radius 3 is 2.27 bits per heavy atom. The van der Waals surface area contributed by atoms with Crippen LogP contribution in [0.15, 0.2) is 53.4 Å². The van der Waals surface area contributed by atoms with Crippen molar-refractivity contribution in [2.45, 2.75) is 30.6 Å². The fourth-order valence-electron chi connectivity index (χ4n) is 4.18. The van der Waals surface area contributed by atoms with Crippen molar-refractivity contribution < 1.29 is 17.6 Å². The molecule has 0 saturated carbocycles. The summed E-state index contributed by atoms with van der Waals surface area (Å²) < 4.78 is 41.5. The van der Waals surface area contributed by atoms with Crippen LogP contribution in [-0.4, -0.2) is 44.8 Å². The Morgan fingerprint density at radius 2 is 1.60 bits per heavy atom. The molecule has 0 aromatic heterocycles. The molecule has 1 amide bonds. The second kappa shape index (κ2) is 8.73. The summed E-state index contributed by atoms with van der Waals surface area (Å²) in [6.07, 6.45) is 2.92. The van der Waals surface area contributed by atoms with E-state index in [1.54, 1.807) is 36.4 Å². The lowest BCUT2D eigenvalue weighted by Gasteiger charge is -2.31. The molecule has 2 aromatic rings. The number of benzene rings is 2. The van der Waals surface area contributed by atoms with Crippen molar-refractivity contribution in [3.8, 4) is 0 Å². The first kappa shape index (κ1) is 20.8. The number of hydrogen-bond acceptors (Lipinski definition) is 4. The summed E-state index contributed by atoms with van der Waals surface area (Å²) in [5.74, 6) is -1.05. The number of para-hydroxylation sites is 1. The Kier molecular flexibility index (Phi) is 6.06. The van der Waals surface area contributed by atoms with Gasteiger partial charge in [-0.1, -0.05) is 24.3 Å². The molecule has 6 nitrogen and oxygen atoms in total. The first-order valence-corrected chi connectivity index (χ1v) is 11.8. The number of anilines is 2. The Morgan fingerprint density at radius 1 is 0.933 bits per heavy atom. The van der Waals surface area contributed by atoms with E-state index in [4.69, 9.17) is 0 Å². The Hall–Kier alpha value is -2.45. The minimum atomic E-state index is -3.56. The summed E-state index contributed by atoms with van der Waals surface area (Å²) in [5.41, 5.74) is 0.939. The first-order chi connectivity index (χ1) is 14.5. The number of rotatable bonds is 5. The fourth-order valence-corrected chi connectivity index (χ4v) is 5.67. The Labute approximate surface area is 176 Å². The number of amides is 1. The lowest BCUT2D eigenvalue weighted by Crippen LogP contribution is -2.41. The largest absolute Gasteiger partial charge is 0.370 e. The van der Waals surface area contributed by atoms with Crippen LogP contribution in [-0.2, 0) is 14.8 Å². The molecule has 0 spiro atoms. The Balaban J connectivity index is 1.42. The molecule has 0 atom stereocenters. The van der Waals surface area contributed by atoms with E-state index in [-0.39, 0.29) is 35.5 Å². The second-order valence-corrected chi connectivity index (χ2v) is 9.75. The van der Waals surface area contributed by atoms with E-state index in [0.29, 0.717) is 18.5 Å². The predicted molar refractivity (Wildman–Crippen MR) is 114 cm³/mol. The molecule has 160 valence electrons. The van der Waals surface area contributed by atoms with Crippen LogP contribution in [0.4, 0.5) is 15.8 Å². The summed E-state index contributed by atoms with van der Waals surface area (Å²) >= 11 is 0. The van der Waals surface area contributed by atoms with Crippen molar-refractivity contribution in [3.63, 3.8) is 0 Å². The number of carbonyl (C=O) groups is 1. The maximum absolute atomic E-state index is 14.5. The van der Waals surface area contributed by atoms with Gasteiger partial charge in [-0.3, -0.25) is 4.79 Å². The summed E-state index contributed by atoms with van der Waals surface area (Å²) in [4.78, 5) is 15.2. The van der Waals surface area contributed by atoms with E-state index in [1.807, 2.05) is 6.07 Å². The molecule has 0 unspecified atom stereocenters. The second-order valence-electron chi connectivity index (χ2n) is 7.81. The number of piperidine rings is 1. The molecule has 0 bridgehead atoms. The van der Waals surface area contributed by atoms with Gasteiger partial charge in [0.15, 0.2) is 0 Å². The zero-order valence-corrected chi connectivity index (χ0v) is 17.6. The van der Waals surface area contributed by atoms with Crippen molar-refractivity contribution in [2.24, 2.45) is 5.92 Å². The molecule has 0 aliphatic carbocycles. The quantitative estimate of drug-likeness (QED) is 0.787. The third-order valence-electron chi connectivity index (χ3n) is 5.89. The molecular formula is C22H26FN3O3S. The molecule has 2 aliphatic heterocycles. The van der Waals surface area contributed by atoms with Crippen molar-refractivity contribution in [2.75, 3.05) is 36.4 Å². The Bertz CT molecular complexity index is 1000. The third-order valence-corrected chi connectivity index (χ3v) is 7.81. The van der Waals surface area contributed by atoms with Crippen LogP contribution in [0.1, 0.15) is 25.7 Å². The van der Waals surface area contributed by atoms with E-state index in [1.165, 1.54) is 10.4 Å². The van der Waals surface area contributed by atoms with E-state index in [2.05, 4.69) is 10.2 Å². The van der Waals surface area contributed by atoms with Crippen LogP contribution >= 0.6 is 0 Å². The van der Waals surface area contributed by atoms with Crippen molar-refractivity contribution in [3.05, 3.63) is 54.3 Å². The van der Waals surface area contributed by atoms with E-state index in [0.717, 1.165) is 25.9 Å². The van der Waals surface area contributed by atoms with Gasteiger partial charge in [-0.05, 0) is 49.9 Å². The average Bonchev–Trinajstić information content (AvgIpc) is 3.30. The van der Waals surface area contributed by atoms with Gasteiger partial charge >= 0.3 is 0 Å². The maximum Gasteiger partial charge on any atom is 0.243 e. The van der Waals surface area contributed by atoms with Crippen LogP contribution in [0.3, 0.4) is 0 Å². The van der Waals surface area contributed by atoms with Crippen LogP contribution in [0, 0.1) is 11.7 Å². The van der Waals surface area contributed by atoms with E-state index >= 15 is 0 Å². The highest BCUT2D eigenvalue weighted by Gasteiger charge is 2.32. The minimum absolute atomic E-state index is 0.226. The molecule has 0 radical (unpaired) electrons. The topological polar surface area (TPSA) is 69.7 Å². The van der Waals surface area contributed by atoms with Gasteiger partial charge in [-0.15, -0.1) is 0 Å². The van der Waals surface area contributed by atoms with Gasteiger partial charge in [-0.25, -0.2) is 12.8 Å². The number of sulfonamides is 1. The zero-order valence-electron chi connectivity index (χ0n) is 16.8. The van der Waals surface area contributed by atoms with Gasteiger partial charge in [-0.2, -0.15) is 4.31 Å². The number of carbonyl (C=O) groups excluding carboxylic acids is 1. The van der Waals surface area contributed by atoms with Crippen molar-refractivity contribution in [1.29, 1.82) is 0 Å². The molecule has 4 rings (SSSR count). The van der Waals surface area contributed by atoms with Gasteiger partial charge in [0.25, 0.3) is 0 Å². The number of halogens is 1. The number of nitrogens with one attached hydrogen (secondary N) is 1. The third kappa shape index (κ3) is 4.20. The molecule has 2 saturated heterocycles. The zero-order chi connectivity index (χ0) is 21.1. The van der Waals surface area contributed by atoms with Gasteiger partial charge in [0.2, 0.25) is 15.9 Å². The van der Waals surface area contributed by atoms with E-state index < -0.39 is 15.8 Å². The lowest BCUT2D eigenvalue weighted by atomic mass is 9.97. The summed E-state index contributed by atoms with van der Waals surface area (Å²) in [6.45, 7) is 2.24. The molecule has 2 heterocycles. The maximum atomic E-state index is 14.5. The average molecular weight is 432 g/mol. The normalized spacial score (nSPS) is 18.5. The highest BCUT2D eigenvalue weighted by Crippen LogP contribution is 2.32. The summed E-state index contributed by atoms with van der Waals surface area (Å²) in [6, 6.07) is 13.2. The molecule has 2 aliphatic rings. The summed E-state index contributed by atoms with van der Waals surface area (Å²) in [7, 11) is -3.56. The minimum Gasteiger partial charge on any atom is -0.370 e. The highest BCUT2D eigenvalue weighted by molar-refractivity contribution is 7.89. The smallest absolute Gasteiger partial charge is 0.243 e. The van der Waals surface area contributed by atoms with Crippen LogP contribution < -0.4 is 10.2 Å². The van der Waals surface area contributed by atoms with Crippen molar-refractivity contribution in [1.82, 2.24) is 4.31 Å². The molecule has 8 heteroatoms. The molecule has 2 aromatic carbocycles. The van der Waals surface area contributed by atoms with Crippen LogP contribution in [0.25, 0.3) is 0 Å². The highest BCUT2D eigenvalue weighted by atomic mass is 32.2. The predicted octanol–water partition coefficient (Wildman–Crippen LogP) is 3.47. The standard InChI is InChI=1S/C22H26FN3O3S/c23-19-9-6-10-20(25-13-4-5-14-25)21(19)24-22(27)17-11-15-26(16-12-17)30(28,29)18-7-2-1-3-8-18/h1-3,6-10,17H,4-5,11-16H2,(H,24,27). The molecular weight excluding hydrogens is 405 g/mol. The SMILES string of the molecule is O=C(Nc1c(F)cccc1N1CCCC1)C1CCN(S(=O)(=O)c2ccccc2)CC1. The van der Waals surface area contributed by atoms with Crippen molar-refractivity contribution >= 4 is 27.3 Å². The van der Waals surface area contributed by atoms with Gasteiger partial charge < -0.3 is 10.2 Å². The van der Waals surface area contributed by atoms with Gasteiger partial charge in [0.1, 0.15) is 11.5 Å². The van der Waals surface area contributed by atoms with Gasteiger partial charge in [0, 0.05) is 32.1 Å². The molecule has 30 heavy (non-hydrogen) atoms. The number of nitrogens with zero attached hydrogens (tertiary/aromatic N) is 2. The molecule has 1 N–H and O–H groups in total. The van der Waals surface area contributed by atoms with Gasteiger partial charge in [0.05, 0.1) is 10.6 Å². The molecule has 2 fully saturated rings. The van der Waals surface area contributed by atoms with E-state index in [9.17, 15) is 17.6 Å².